The smallest absolute Gasteiger partial charge is 0.0440 e. The van der Waals surface area contributed by atoms with E-state index < -0.39 is 0 Å². The SMILES string of the molecule is CC(C)c1cncc(Br)c1-c1ccccc1. The van der Waals surface area contributed by atoms with E-state index in [1.165, 1.54) is 16.7 Å². The van der Waals surface area contributed by atoms with Gasteiger partial charge >= 0.3 is 0 Å². The molecule has 1 nitrogen and oxygen atoms in total. The Hall–Kier alpha value is -1.15. The van der Waals surface area contributed by atoms with Gasteiger partial charge in [0.2, 0.25) is 0 Å². The average Bonchev–Trinajstić information content (AvgIpc) is 2.29. The number of hydrogen-bond donors (Lipinski definition) is 0. The third kappa shape index (κ3) is 2.17. The highest BCUT2D eigenvalue weighted by Crippen LogP contribution is 2.34. The lowest BCUT2D eigenvalue weighted by atomic mass is 9.95. The van der Waals surface area contributed by atoms with E-state index in [0.29, 0.717) is 5.92 Å². The maximum atomic E-state index is 4.24. The zero-order valence-corrected chi connectivity index (χ0v) is 11.0. The summed E-state index contributed by atoms with van der Waals surface area (Å²) in [5.74, 6) is 0.472. The predicted molar refractivity (Wildman–Crippen MR) is 71.5 cm³/mol. The van der Waals surface area contributed by atoms with Crippen LogP contribution < -0.4 is 0 Å². The normalized spacial score (nSPS) is 10.8. The van der Waals surface area contributed by atoms with Gasteiger partial charge in [-0.25, -0.2) is 0 Å². The number of halogens is 1. The third-order valence-electron chi connectivity index (χ3n) is 2.61. The van der Waals surface area contributed by atoms with E-state index in [4.69, 9.17) is 0 Å². The van der Waals surface area contributed by atoms with Crippen LogP contribution in [0.25, 0.3) is 11.1 Å². The molecule has 0 fully saturated rings. The van der Waals surface area contributed by atoms with Crippen LogP contribution in [0.2, 0.25) is 0 Å². The van der Waals surface area contributed by atoms with Gasteiger partial charge in [-0.3, -0.25) is 4.98 Å². The molecule has 16 heavy (non-hydrogen) atoms. The van der Waals surface area contributed by atoms with Gasteiger partial charge in [-0.2, -0.15) is 0 Å². The molecule has 0 bridgehead atoms. The van der Waals surface area contributed by atoms with Crippen molar-refractivity contribution >= 4 is 15.9 Å². The molecule has 2 aromatic rings. The maximum Gasteiger partial charge on any atom is 0.0440 e. The molecule has 0 saturated carbocycles. The molecule has 0 atom stereocenters. The van der Waals surface area contributed by atoms with Gasteiger partial charge in [-0.1, -0.05) is 44.2 Å². The largest absolute Gasteiger partial charge is 0.263 e. The zero-order valence-electron chi connectivity index (χ0n) is 9.44. The van der Waals surface area contributed by atoms with Crippen molar-refractivity contribution in [3.63, 3.8) is 0 Å². The molecule has 0 aliphatic carbocycles. The molecule has 2 rings (SSSR count). The number of hydrogen-bond acceptors (Lipinski definition) is 1. The molecule has 0 unspecified atom stereocenters. The van der Waals surface area contributed by atoms with Gasteiger partial charge in [0.25, 0.3) is 0 Å². The van der Waals surface area contributed by atoms with E-state index in [2.05, 4.69) is 59.0 Å². The summed E-state index contributed by atoms with van der Waals surface area (Å²) in [5.41, 5.74) is 3.77. The summed E-state index contributed by atoms with van der Waals surface area (Å²) in [6, 6.07) is 10.4. The highest BCUT2D eigenvalue weighted by Gasteiger charge is 2.11. The summed E-state index contributed by atoms with van der Waals surface area (Å²) in [6.07, 6.45) is 3.81. The standard InChI is InChI=1S/C14H14BrN/c1-10(2)12-8-16-9-13(15)14(12)11-6-4-3-5-7-11/h3-10H,1-2H3. The summed E-state index contributed by atoms with van der Waals surface area (Å²) in [6.45, 7) is 4.38. The number of rotatable bonds is 2. The first-order valence-corrected chi connectivity index (χ1v) is 6.18. The van der Waals surface area contributed by atoms with Crippen LogP contribution in [0.4, 0.5) is 0 Å². The Kier molecular flexibility index (Phi) is 3.39. The molecular formula is C14H14BrN. The Morgan fingerprint density at radius 1 is 1.06 bits per heavy atom. The van der Waals surface area contributed by atoms with Crippen LogP contribution in [-0.2, 0) is 0 Å². The average molecular weight is 276 g/mol. The molecule has 0 radical (unpaired) electrons. The van der Waals surface area contributed by atoms with E-state index in [1.54, 1.807) is 0 Å². The van der Waals surface area contributed by atoms with E-state index in [9.17, 15) is 0 Å². The van der Waals surface area contributed by atoms with E-state index in [1.807, 2.05) is 18.5 Å². The lowest BCUT2D eigenvalue weighted by Crippen LogP contribution is -1.94. The van der Waals surface area contributed by atoms with Crippen molar-refractivity contribution in [2.24, 2.45) is 0 Å². The van der Waals surface area contributed by atoms with Crippen molar-refractivity contribution in [2.75, 3.05) is 0 Å². The van der Waals surface area contributed by atoms with Crippen LogP contribution in [0.1, 0.15) is 25.3 Å². The molecule has 1 aromatic heterocycles. The summed E-state index contributed by atoms with van der Waals surface area (Å²) in [4.78, 5) is 4.24. The quantitative estimate of drug-likeness (QED) is 0.779. The Morgan fingerprint density at radius 3 is 2.38 bits per heavy atom. The van der Waals surface area contributed by atoms with Crippen molar-refractivity contribution < 1.29 is 0 Å². The zero-order chi connectivity index (χ0) is 11.5. The molecule has 0 spiro atoms. The predicted octanol–water partition coefficient (Wildman–Crippen LogP) is 4.63. The van der Waals surface area contributed by atoms with E-state index in [0.717, 1.165) is 4.47 Å². The summed E-state index contributed by atoms with van der Waals surface area (Å²) >= 11 is 3.59. The molecule has 0 aliphatic heterocycles. The molecule has 2 heteroatoms. The first kappa shape index (κ1) is 11.3. The van der Waals surface area contributed by atoms with Gasteiger partial charge in [-0.15, -0.1) is 0 Å². The summed E-state index contributed by atoms with van der Waals surface area (Å²) < 4.78 is 1.06. The van der Waals surface area contributed by atoms with E-state index >= 15 is 0 Å². The fourth-order valence-corrected chi connectivity index (χ4v) is 2.37. The Balaban J connectivity index is 2.64. The second kappa shape index (κ2) is 4.79. The maximum absolute atomic E-state index is 4.24. The van der Waals surface area contributed by atoms with Gasteiger partial charge < -0.3 is 0 Å². The van der Waals surface area contributed by atoms with E-state index in [-0.39, 0.29) is 0 Å². The first-order chi connectivity index (χ1) is 7.70. The Labute approximate surface area is 105 Å². The lowest BCUT2D eigenvalue weighted by Gasteiger charge is -2.13. The summed E-state index contributed by atoms with van der Waals surface area (Å²) in [7, 11) is 0. The van der Waals surface area contributed by atoms with Crippen LogP contribution >= 0.6 is 15.9 Å². The number of benzene rings is 1. The molecule has 1 heterocycles. The third-order valence-corrected chi connectivity index (χ3v) is 3.21. The molecule has 0 N–H and O–H groups in total. The lowest BCUT2D eigenvalue weighted by molar-refractivity contribution is 0.859. The molecule has 0 saturated heterocycles. The molecule has 1 aromatic carbocycles. The molecule has 0 amide bonds. The number of aromatic nitrogens is 1. The van der Waals surface area contributed by atoms with Gasteiger partial charge in [0.15, 0.2) is 0 Å². The van der Waals surface area contributed by atoms with Crippen molar-refractivity contribution in [1.82, 2.24) is 4.98 Å². The van der Waals surface area contributed by atoms with Crippen LogP contribution in [0.5, 0.6) is 0 Å². The van der Waals surface area contributed by atoms with Crippen molar-refractivity contribution in [1.29, 1.82) is 0 Å². The van der Waals surface area contributed by atoms with Crippen LogP contribution in [-0.4, -0.2) is 4.98 Å². The highest BCUT2D eigenvalue weighted by atomic mass is 79.9. The topological polar surface area (TPSA) is 12.9 Å². The minimum absolute atomic E-state index is 0.472. The second-order valence-corrected chi connectivity index (χ2v) is 4.96. The summed E-state index contributed by atoms with van der Waals surface area (Å²) in [5, 5.41) is 0. The Bertz CT molecular complexity index is 477. The fourth-order valence-electron chi connectivity index (χ4n) is 1.80. The van der Waals surface area contributed by atoms with Crippen LogP contribution in [0.3, 0.4) is 0 Å². The molecule has 82 valence electrons. The first-order valence-electron chi connectivity index (χ1n) is 5.39. The molecular weight excluding hydrogens is 262 g/mol. The monoisotopic (exact) mass is 275 g/mol. The van der Waals surface area contributed by atoms with Crippen molar-refractivity contribution in [3.8, 4) is 11.1 Å². The van der Waals surface area contributed by atoms with Crippen molar-refractivity contribution in [2.45, 2.75) is 19.8 Å². The number of nitrogens with zero attached hydrogens (tertiary/aromatic N) is 1. The van der Waals surface area contributed by atoms with Crippen molar-refractivity contribution in [3.05, 3.63) is 52.8 Å². The number of pyridine rings is 1. The van der Waals surface area contributed by atoms with Crippen LogP contribution in [0, 0.1) is 0 Å². The minimum atomic E-state index is 0.472. The van der Waals surface area contributed by atoms with Gasteiger partial charge in [-0.05, 0) is 33.0 Å². The van der Waals surface area contributed by atoms with Gasteiger partial charge in [0, 0.05) is 22.4 Å². The van der Waals surface area contributed by atoms with Gasteiger partial charge in [0.05, 0.1) is 0 Å². The minimum Gasteiger partial charge on any atom is -0.263 e. The second-order valence-electron chi connectivity index (χ2n) is 4.11. The highest BCUT2D eigenvalue weighted by molar-refractivity contribution is 9.10. The van der Waals surface area contributed by atoms with Gasteiger partial charge in [0.1, 0.15) is 0 Å². The fraction of sp³-hybridized carbons (Fsp3) is 0.214. The molecule has 0 aliphatic rings. The Morgan fingerprint density at radius 2 is 1.75 bits per heavy atom. The van der Waals surface area contributed by atoms with Crippen LogP contribution in [0.15, 0.2) is 47.2 Å².